The summed E-state index contributed by atoms with van der Waals surface area (Å²) in [4.78, 5) is 14.0. The number of Topliss-reactive ketones (excluding diaryl/α,β-unsaturated/α-hetero) is 1. The fourth-order valence-electron chi connectivity index (χ4n) is 2.63. The predicted octanol–water partition coefficient (Wildman–Crippen LogP) is 2.33. The van der Waals surface area contributed by atoms with Crippen LogP contribution in [-0.4, -0.2) is 40.8 Å². The normalized spacial score (nSPS) is 34.3. The highest BCUT2D eigenvalue weighted by Crippen LogP contribution is 2.27. The zero-order valence-electron chi connectivity index (χ0n) is 9.58. The first-order chi connectivity index (χ1) is 7.29. The molecule has 0 amide bonds. The number of carbonyl (C=O) groups is 1. The van der Waals surface area contributed by atoms with Gasteiger partial charge in [0.25, 0.3) is 0 Å². The van der Waals surface area contributed by atoms with E-state index in [0.29, 0.717) is 11.8 Å². The number of nitrogens with zero attached hydrogens (tertiary/aromatic N) is 1. The summed E-state index contributed by atoms with van der Waals surface area (Å²) < 4.78 is 0. The predicted molar refractivity (Wildman–Crippen MR) is 65.4 cm³/mol. The molecule has 0 aromatic carbocycles. The van der Waals surface area contributed by atoms with Crippen LogP contribution in [-0.2, 0) is 4.79 Å². The van der Waals surface area contributed by atoms with Crippen molar-refractivity contribution in [3.8, 4) is 0 Å². The Balaban J connectivity index is 1.88. The number of ketones is 1. The fraction of sp³-hybridized carbons (Fsp3) is 0.917. The van der Waals surface area contributed by atoms with Gasteiger partial charge in [0.2, 0.25) is 0 Å². The van der Waals surface area contributed by atoms with Crippen molar-refractivity contribution in [2.45, 2.75) is 50.3 Å². The van der Waals surface area contributed by atoms with Crippen LogP contribution in [0.2, 0.25) is 0 Å². The molecule has 0 bridgehead atoms. The lowest BCUT2D eigenvalue weighted by Crippen LogP contribution is -2.46. The van der Waals surface area contributed by atoms with E-state index in [4.69, 9.17) is 0 Å². The van der Waals surface area contributed by atoms with Gasteiger partial charge in [-0.05, 0) is 19.3 Å². The molecule has 1 saturated heterocycles. The zero-order valence-corrected chi connectivity index (χ0v) is 10.4. The zero-order chi connectivity index (χ0) is 10.7. The van der Waals surface area contributed by atoms with Gasteiger partial charge in [-0.2, -0.15) is 11.8 Å². The maximum absolute atomic E-state index is 11.4. The van der Waals surface area contributed by atoms with Gasteiger partial charge in [-0.3, -0.25) is 9.69 Å². The second-order valence-electron chi connectivity index (χ2n) is 4.68. The highest BCUT2D eigenvalue weighted by atomic mass is 32.2. The van der Waals surface area contributed by atoms with Crippen LogP contribution in [0.1, 0.15) is 39.0 Å². The van der Waals surface area contributed by atoms with E-state index in [9.17, 15) is 4.79 Å². The SMILES string of the molecule is CCC1CN(C2CCCC(=O)C2)CCS1. The topological polar surface area (TPSA) is 20.3 Å². The molecule has 2 rings (SSSR count). The lowest BCUT2D eigenvalue weighted by Gasteiger charge is -2.39. The molecule has 0 aromatic heterocycles. The molecule has 2 nitrogen and oxygen atoms in total. The van der Waals surface area contributed by atoms with Gasteiger partial charge < -0.3 is 0 Å². The summed E-state index contributed by atoms with van der Waals surface area (Å²) in [6.07, 6.45) is 5.27. The molecule has 0 radical (unpaired) electrons. The summed E-state index contributed by atoms with van der Waals surface area (Å²) in [6.45, 7) is 4.67. The van der Waals surface area contributed by atoms with Gasteiger partial charge in [-0.1, -0.05) is 6.92 Å². The van der Waals surface area contributed by atoms with E-state index in [1.807, 2.05) is 0 Å². The lowest BCUT2D eigenvalue weighted by molar-refractivity contribution is -0.122. The van der Waals surface area contributed by atoms with Gasteiger partial charge in [-0.15, -0.1) is 0 Å². The van der Waals surface area contributed by atoms with Crippen molar-refractivity contribution in [3.63, 3.8) is 0 Å². The Labute approximate surface area is 96.8 Å². The van der Waals surface area contributed by atoms with Gasteiger partial charge in [0.1, 0.15) is 5.78 Å². The second kappa shape index (κ2) is 5.35. The van der Waals surface area contributed by atoms with E-state index in [1.165, 1.54) is 31.7 Å². The minimum atomic E-state index is 0.484. The van der Waals surface area contributed by atoms with Crippen molar-refractivity contribution in [3.05, 3.63) is 0 Å². The van der Waals surface area contributed by atoms with E-state index in [2.05, 4.69) is 23.6 Å². The van der Waals surface area contributed by atoms with Crippen molar-refractivity contribution >= 4 is 17.5 Å². The van der Waals surface area contributed by atoms with Crippen LogP contribution in [0.5, 0.6) is 0 Å². The number of hydrogen-bond acceptors (Lipinski definition) is 3. The third-order valence-electron chi connectivity index (χ3n) is 3.60. The largest absolute Gasteiger partial charge is 0.300 e. The van der Waals surface area contributed by atoms with Crippen LogP contribution in [0.3, 0.4) is 0 Å². The van der Waals surface area contributed by atoms with E-state index >= 15 is 0 Å². The molecule has 1 aliphatic carbocycles. The lowest BCUT2D eigenvalue weighted by atomic mass is 9.93. The Kier molecular flexibility index (Phi) is 4.09. The minimum Gasteiger partial charge on any atom is -0.300 e. The van der Waals surface area contributed by atoms with Crippen LogP contribution in [0.15, 0.2) is 0 Å². The standard InChI is InChI=1S/C12H21NOS/c1-2-12-9-13(6-7-15-12)10-4-3-5-11(14)8-10/h10,12H,2-9H2,1H3. The van der Waals surface area contributed by atoms with Crippen LogP contribution in [0.25, 0.3) is 0 Å². The van der Waals surface area contributed by atoms with Crippen LogP contribution in [0.4, 0.5) is 0 Å². The van der Waals surface area contributed by atoms with E-state index < -0.39 is 0 Å². The quantitative estimate of drug-likeness (QED) is 0.722. The first-order valence-corrected chi connectivity index (χ1v) is 7.22. The van der Waals surface area contributed by atoms with Gasteiger partial charge >= 0.3 is 0 Å². The number of hydrogen-bond donors (Lipinski definition) is 0. The molecule has 1 heterocycles. The monoisotopic (exact) mass is 227 g/mol. The molecular weight excluding hydrogens is 206 g/mol. The maximum Gasteiger partial charge on any atom is 0.134 e. The summed E-state index contributed by atoms with van der Waals surface area (Å²) in [5, 5.41) is 0.802. The Morgan fingerprint density at radius 1 is 1.53 bits per heavy atom. The van der Waals surface area contributed by atoms with Crippen LogP contribution in [0, 0.1) is 0 Å². The molecule has 86 valence electrons. The van der Waals surface area contributed by atoms with Gasteiger partial charge in [-0.25, -0.2) is 0 Å². The van der Waals surface area contributed by atoms with Gasteiger partial charge in [0, 0.05) is 43.0 Å². The van der Waals surface area contributed by atoms with Gasteiger partial charge in [0.15, 0.2) is 0 Å². The first-order valence-electron chi connectivity index (χ1n) is 6.17. The minimum absolute atomic E-state index is 0.484. The summed E-state index contributed by atoms with van der Waals surface area (Å²) in [5.41, 5.74) is 0. The molecule has 2 fully saturated rings. The summed E-state index contributed by atoms with van der Waals surface area (Å²) >= 11 is 2.11. The summed E-state index contributed by atoms with van der Waals surface area (Å²) in [5.74, 6) is 1.74. The van der Waals surface area contributed by atoms with Crippen molar-refractivity contribution < 1.29 is 4.79 Å². The summed E-state index contributed by atoms with van der Waals surface area (Å²) in [7, 11) is 0. The molecule has 1 saturated carbocycles. The van der Waals surface area contributed by atoms with E-state index in [0.717, 1.165) is 24.5 Å². The fourth-order valence-corrected chi connectivity index (χ4v) is 3.84. The molecule has 1 aliphatic heterocycles. The molecule has 2 aliphatic rings. The average Bonchev–Trinajstić information content (AvgIpc) is 2.29. The second-order valence-corrected chi connectivity index (χ2v) is 6.09. The Hall–Kier alpha value is -0.0200. The van der Waals surface area contributed by atoms with Crippen LogP contribution >= 0.6 is 11.8 Å². The molecule has 15 heavy (non-hydrogen) atoms. The van der Waals surface area contributed by atoms with Crippen molar-refractivity contribution in [2.24, 2.45) is 0 Å². The molecule has 0 aromatic rings. The highest BCUT2D eigenvalue weighted by Gasteiger charge is 2.28. The van der Waals surface area contributed by atoms with Crippen molar-refractivity contribution in [1.29, 1.82) is 0 Å². The van der Waals surface area contributed by atoms with Crippen LogP contribution < -0.4 is 0 Å². The molecule has 2 atom stereocenters. The number of rotatable bonds is 2. The maximum atomic E-state index is 11.4. The third kappa shape index (κ3) is 2.97. The smallest absolute Gasteiger partial charge is 0.134 e. The average molecular weight is 227 g/mol. The Morgan fingerprint density at radius 2 is 2.40 bits per heavy atom. The van der Waals surface area contributed by atoms with Crippen molar-refractivity contribution in [1.82, 2.24) is 4.90 Å². The Morgan fingerprint density at radius 3 is 3.13 bits per heavy atom. The Bertz CT molecular complexity index is 232. The number of carbonyl (C=O) groups excluding carboxylic acids is 1. The van der Waals surface area contributed by atoms with Crippen molar-refractivity contribution in [2.75, 3.05) is 18.8 Å². The molecule has 0 spiro atoms. The molecule has 2 unspecified atom stereocenters. The van der Waals surface area contributed by atoms with Gasteiger partial charge in [0.05, 0.1) is 0 Å². The van der Waals surface area contributed by atoms with E-state index in [-0.39, 0.29) is 0 Å². The number of thioether (sulfide) groups is 1. The highest BCUT2D eigenvalue weighted by molar-refractivity contribution is 8.00. The molecular formula is C12H21NOS. The third-order valence-corrected chi connectivity index (χ3v) is 4.97. The molecule has 3 heteroatoms. The summed E-state index contributed by atoms with van der Waals surface area (Å²) in [6, 6.07) is 0.571. The first kappa shape index (κ1) is 11.5. The molecule has 0 N–H and O–H groups in total. The van der Waals surface area contributed by atoms with E-state index in [1.54, 1.807) is 0 Å².